The zero-order valence-corrected chi connectivity index (χ0v) is 17.9. The zero-order valence-electron chi connectivity index (χ0n) is 17.9. The molecule has 30 heavy (non-hydrogen) atoms. The van der Waals surface area contributed by atoms with E-state index < -0.39 is 0 Å². The summed E-state index contributed by atoms with van der Waals surface area (Å²) >= 11 is 0. The van der Waals surface area contributed by atoms with E-state index in [0.717, 1.165) is 67.6 Å². The van der Waals surface area contributed by atoms with Gasteiger partial charge < -0.3 is 15.5 Å². The quantitative estimate of drug-likeness (QED) is 0.768. The van der Waals surface area contributed by atoms with Crippen molar-refractivity contribution in [2.75, 3.05) is 43.4 Å². The van der Waals surface area contributed by atoms with Crippen LogP contribution < -0.4 is 15.5 Å². The van der Waals surface area contributed by atoms with Crippen molar-refractivity contribution in [3.8, 4) is 0 Å². The van der Waals surface area contributed by atoms with Crippen LogP contribution in [-0.4, -0.2) is 48.1 Å². The van der Waals surface area contributed by atoms with Crippen molar-refractivity contribution >= 4 is 23.1 Å². The Morgan fingerprint density at radius 1 is 1.17 bits per heavy atom. The van der Waals surface area contributed by atoms with Crippen molar-refractivity contribution in [3.63, 3.8) is 0 Å². The molecule has 0 aromatic carbocycles. The molecule has 6 nitrogen and oxygen atoms in total. The number of pyridine rings is 2. The first kappa shape index (κ1) is 20.2. The largest absolute Gasteiger partial charge is 0.387 e. The second-order valence-corrected chi connectivity index (χ2v) is 7.80. The second-order valence-electron chi connectivity index (χ2n) is 7.80. The van der Waals surface area contributed by atoms with E-state index in [1.54, 1.807) is 0 Å². The number of fused-ring (bicyclic) bond motifs is 1. The molecule has 0 aliphatic carbocycles. The van der Waals surface area contributed by atoms with E-state index in [4.69, 9.17) is 0 Å². The fraction of sp³-hybridized carbons (Fsp3) is 0.333. The molecule has 0 bridgehead atoms. The molecule has 0 atom stereocenters. The molecule has 1 fully saturated rings. The topological polar surface area (TPSA) is 56.3 Å². The van der Waals surface area contributed by atoms with Gasteiger partial charge in [0, 0.05) is 51.7 Å². The number of nitrogens with one attached hydrogen (secondary N) is 2. The number of hydrogen-bond donors (Lipinski definition) is 2. The van der Waals surface area contributed by atoms with Crippen LogP contribution in [0.3, 0.4) is 0 Å². The van der Waals surface area contributed by atoms with Gasteiger partial charge in [-0.15, -0.1) is 0 Å². The minimum atomic E-state index is 0.838. The summed E-state index contributed by atoms with van der Waals surface area (Å²) in [6.45, 7) is 15.2. The van der Waals surface area contributed by atoms with Crippen LogP contribution in [0.25, 0.3) is 11.8 Å². The maximum absolute atomic E-state index is 4.67. The summed E-state index contributed by atoms with van der Waals surface area (Å²) in [5.74, 6) is 0. The first-order chi connectivity index (χ1) is 14.6. The molecule has 2 aromatic heterocycles. The fourth-order valence-electron chi connectivity index (χ4n) is 3.93. The van der Waals surface area contributed by atoms with Crippen LogP contribution >= 0.6 is 0 Å². The van der Waals surface area contributed by atoms with E-state index in [2.05, 4.69) is 68.7 Å². The molecular weight excluding hydrogens is 372 g/mol. The van der Waals surface area contributed by atoms with E-state index in [0.29, 0.717) is 0 Å². The number of aromatic nitrogens is 2. The Morgan fingerprint density at radius 2 is 1.97 bits per heavy atom. The molecule has 0 saturated carbocycles. The number of allylic oxidation sites excluding steroid dienone is 1. The third-order valence-electron chi connectivity index (χ3n) is 5.84. The van der Waals surface area contributed by atoms with E-state index >= 15 is 0 Å². The lowest BCUT2D eigenvalue weighted by Crippen LogP contribution is -2.46. The van der Waals surface area contributed by atoms with Crippen molar-refractivity contribution in [2.45, 2.75) is 19.9 Å². The van der Waals surface area contributed by atoms with E-state index in [-0.39, 0.29) is 0 Å². The van der Waals surface area contributed by atoms with Gasteiger partial charge in [-0.2, -0.15) is 0 Å². The van der Waals surface area contributed by atoms with Crippen LogP contribution in [0.2, 0.25) is 0 Å². The Morgan fingerprint density at radius 3 is 2.63 bits per heavy atom. The minimum absolute atomic E-state index is 0.838. The maximum Gasteiger partial charge on any atom is 0.0868 e. The van der Waals surface area contributed by atoms with Gasteiger partial charge in [-0.25, -0.2) is 0 Å². The van der Waals surface area contributed by atoms with Crippen LogP contribution in [0.5, 0.6) is 0 Å². The Balaban J connectivity index is 1.35. The van der Waals surface area contributed by atoms with Gasteiger partial charge in [0.05, 0.1) is 34.7 Å². The lowest BCUT2D eigenvalue weighted by atomic mass is 10.0. The molecule has 2 N–H and O–H groups in total. The summed E-state index contributed by atoms with van der Waals surface area (Å²) < 4.78 is 0. The molecule has 0 spiro atoms. The SMILES string of the molecule is C=C1Nc2cc(CN3CCN(c4ccc(C(=C)NC)nc4)CC3)cnc2C=C1CC. The normalized spacial score (nSPS) is 16.5. The zero-order chi connectivity index (χ0) is 21.1. The summed E-state index contributed by atoms with van der Waals surface area (Å²) in [6, 6.07) is 6.36. The monoisotopic (exact) mass is 402 g/mol. The second kappa shape index (κ2) is 8.71. The predicted molar refractivity (Wildman–Crippen MR) is 125 cm³/mol. The predicted octanol–water partition coefficient (Wildman–Crippen LogP) is 3.72. The smallest absolute Gasteiger partial charge is 0.0868 e. The summed E-state index contributed by atoms with van der Waals surface area (Å²) in [6.07, 6.45) is 7.04. The summed E-state index contributed by atoms with van der Waals surface area (Å²) in [4.78, 5) is 14.1. The minimum Gasteiger partial charge on any atom is -0.387 e. The molecule has 0 amide bonds. The number of rotatable bonds is 6. The van der Waals surface area contributed by atoms with Crippen molar-refractivity contribution in [1.82, 2.24) is 20.2 Å². The third-order valence-corrected chi connectivity index (χ3v) is 5.84. The van der Waals surface area contributed by atoms with Crippen LogP contribution in [0.1, 0.15) is 30.3 Å². The molecular formula is C24H30N6. The summed E-state index contributed by atoms with van der Waals surface area (Å²) in [5, 5.41) is 6.45. The first-order valence-electron chi connectivity index (χ1n) is 10.5. The number of hydrogen-bond acceptors (Lipinski definition) is 6. The van der Waals surface area contributed by atoms with Crippen molar-refractivity contribution in [3.05, 3.63) is 72.0 Å². The van der Waals surface area contributed by atoms with E-state index in [9.17, 15) is 0 Å². The highest BCUT2D eigenvalue weighted by Gasteiger charge is 2.19. The average Bonchev–Trinajstić information content (AvgIpc) is 2.78. The van der Waals surface area contributed by atoms with Crippen molar-refractivity contribution in [2.24, 2.45) is 0 Å². The third kappa shape index (κ3) is 4.24. The van der Waals surface area contributed by atoms with Crippen LogP contribution in [0.4, 0.5) is 11.4 Å². The van der Waals surface area contributed by atoms with Crippen molar-refractivity contribution < 1.29 is 0 Å². The Kier molecular flexibility index (Phi) is 5.86. The maximum atomic E-state index is 4.67. The van der Waals surface area contributed by atoms with Crippen LogP contribution in [-0.2, 0) is 6.54 Å². The average molecular weight is 403 g/mol. The number of anilines is 2. The van der Waals surface area contributed by atoms with Crippen molar-refractivity contribution in [1.29, 1.82) is 0 Å². The molecule has 2 aromatic rings. The summed E-state index contributed by atoms with van der Waals surface area (Å²) in [5.41, 5.74) is 8.38. The highest BCUT2D eigenvalue weighted by molar-refractivity contribution is 5.75. The van der Waals surface area contributed by atoms with E-state index in [1.807, 2.05) is 25.5 Å². The van der Waals surface area contributed by atoms with Gasteiger partial charge in [-0.1, -0.05) is 20.1 Å². The molecule has 0 radical (unpaired) electrons. The lowest BCUT2D eigenvalue weighted by Gasteiger charge is -2.36. The van der Waals surface area contributed by atoms with Gasteiger partial charge in [-0.3, -0.25) is 14.9 Å². The first-order valence-corrected chi connectivity index (χ1v) is 10.5. The Bertz CT molecular complexity index is 968. The lowest BCUT2D eigenvalue weighted by molar-refractivity contribution is 0.249. The van der Waals surface area contributed by atoms with Gasteiger partial charge in [0.15, 0.2) is 0 Å². The molecule has 1 saturated heterocycles. The van der Waals surface area contributed by atoms with E-state index in [1.165, 1.54) is 16.8 Å². The highest BCUT2D eigenvalue weighted by atomic mass is 15.3. The van der Waals surface area contributed by atoms with Gasteiger partial charge >= 0.3 is 0 Å². The standard InChI is InChI=1S/C24H30N6/c1-5-20-13-23-24(28-17(20)2)12-19(14-26-23)16-29-8-10-30(11-9-29)21-6-7-22(27-15-21)18(3)25-4/h6-7,12-15,25,28H,2-3,5,8-11,16H2,1,4H3. The molecule has 4 heterocycles. The molecule has 4 rings (SSSR count). The summed E-state index contributed by atoms with van der Waals surface area (Å²) in [7, 11) is 1.86. The van der Waals surface area contributed by atoms with Gasteiger partial charge in [-0.05, 0) is 41.8 Å². The number of nitrogens with zero attached hydrogens (tertiary/aromatic N) is 4. The molecule has 2 aliphatic rings. The molecule has 2 aliphatic heterocycles. The Labute approximate surface area is 179 Å². The number of piperazine rings is 1. The fourth-order valence-corrected chi connectivity index (χ4v) is 3.93. The molecule has 6 heteroatoms. The molecule has 156 valence electrons. The van der Waals surface area contributed by atoms with Gasteiger partial charge in [0.1, 0.15) is 0 Å². The highest BCUT2D eigenvalue weighted by Crippen LogP contribution is 2.29. The van der Waals surface area contributed by atoms with Crippen LogP contribution in [0, 0.1) is 0 Å². The molecule has 0 unspecified atom stereocenters. The Hall–Kier alpha value is -3.12. The van der Waals surface area contributed by atoms with Gasteiger partial charge in [0.2, 0.25) is 0 Å². The van der Waals surface area contributed by atoms with Gasteiger partial charge in [0.25, 0.3) is 0 Å². The van der Waals surface area contributed by atoms with Crippen LogP contribution in [0.15, 0.2) is 55.0 Å².